The SMILES string of the molecule is CC(=O)CCCCCC(=O)OC(=O)CCCCCC(C)=O. The number of hydrogen-bond acceptors (Lipinski definition) is 5. The molecule has 0 spiro atoms. The van der Waals surface area contributed by atoms with E-state index in [0.717, 1.165) is 25.7 Å². The Morgan fingerprint density at radius 2 is 0.905 bits per heavy atom. The average Bonchev–Trinajstić information content (AvgIpc) is 2.37. The number of hydrogen-bond donors (Lipinski definition) is 0. The minimum atomic E-state index is -0.494. The van der Waals surface area contributed by atoms with Gasteiger partial charge in [0.15, 0.2) is 0 Å². The number of ether oxygens (including phenoxy) is 1. The van der Waals surface area contributed by atoms with Crippen LogP contribution in [0.2, 0.25) is 0 Å². The molecule has 0 aromatic heterocycles. The van der Waals surface area contributed by atoms with E-state index in [1.54, 1.807) is 13.8 Å². The van der Waals surface area contributed by atoms with Gasteiger partial charge < -0.3 is 14.3 Å². The molecule has 0 aliphatic heterocycles. The van der Waals surface area contributed by atoms with E-state index in [0.29, 0.717) is 25.7 Å². The smallest absolute Gasteiger partial charge is 0.313 e. The van der Waals surface area contributed by atoms with Gasteiger partial charge in [0.1, 0.15) is 11.6 Å². The molecule has 21 heavy (non-hydrogen) atoms. The summed E-state index contributed by atoms with van der Waals surface area (Å²) in [5.74, 6) is -0.687. The van der Waals surface area contributed by atoms with E-state index < -0.39 is 11.9 Å². The first-order valence-corrected chi connectivity index (χ1v) is 7.64. The lowest BCUT2D eigenvalue weighted by molar-refractivity contribution is -0.159. The summed E-state index contributed by atoms with van der Waals surface area (Å²) in [5.41, 5.74) is 0. The van der Waals surface area contributed by atoms with E-state index in [4.69, 9.17) is 4.74 Å². The van der Waals surface area contributed by atoms with E-state index in [1.165, 1.54) is 0 Å². The third-order valence-corrected chi connectivity index (χ3v) is 3.05. The molecule has 0 N–H and O–H groups in total. The standard InChI is InChI=1S/C16H26O5/c1-13(17)9-5-3-7-11-15(19)21-16(20)12-8-4-6-10-14(2)18/h3-12H2,1-2H3. The molecule has 0 amide bonds. The third-order valence-electron chi connectivity index (χ3n) is 3.05. The van der Waals surface area contributed by atoms with Crippen LogP contribution in [-0.2, 0) is 23.9 Å². The molecular formula is C16H26O5. The van der Waals surface area contributed by atoms with Gasteiger partial charge in [-0.25, -0.2) is 0 Å². The molecule has 0 atom stereocenters. The van der Waals surface area contributed by atoms with Crippen molar-refractivity contribution in [2.24, 2.45) is 0 Å². The number of esters is 2. The Kier molecular flexibility index (Phi) is 11.4. The molecule has 0 saturated heterocycles. The van der Waals surface area contributed by atoms with Gasteiger partial charge in [-0.2, -0.15) is 0 Å². The number of ketones is 2. The molecule has 5 heteroatoms. The van der Waals surface area contributed by atoms with Crippen LogP contribution in [0.3, 0.4) is 0 Å². The van der Waals surface area contributed by atoms with Crippen LogP contribution < -0.4 is 0 Å². The molecular weight excluding hydrogens is 272 g/mol. The van der Waals surface area contributed by atoms with Gasteiger partial charge in [0.05, 0.1) is 0 Å². The van der Waals surface area contributed by atoms with E-state index in [-0.39, 0.29) is 24.4 Å². The maximum absolute atomic E-state index is 11.4. The Hall–Kier alpha value is -1.52. The van der Waals surface area contributed by atoms with Crippen LogP contribution in [0.25, 0.3) is 0 Å². The molecule has 0 radical (unpaired) electrons. The third kappa shape index (κ3) is 14.7. The Balaban J connectivity index is 3.50. The van der Waals surface area contributed by atoms with Gasteiger partial charge in [-0.15, -0.1) is 0 Å². The predicted octanol–water partition coefficient (Wildman–Crippen LogP) is 3.14. The number of rotatable bonds is 12. The molecule has 0 aliphatic carbocycles. The molecule has 0 heterocycles. The Morgan fingerprint density at radius 3 is 1.24 bits per heavy atom. The fourth-order valence-corrected chi connectivity index (χ4v) is 1.87. The zero-order valence-corrected chi connectivity index (χ0v) is 13.1. The van der Waals surface area contributed by atoms with E-state index in [1.807, 2.05) is 0 Å². The fraction of sp³-hybridized carbons (Fsp3) is 0.750. The molecule has 0 aliphatic rings. The summed E-state index contributed by atoms with van der Waals surface area (Å²) in [4.78, 5) is 44.2. The lowest BCUT2D eigenvalue weighted by Gasteiger charge is -2.03. The van der Waals surface area contributed by atoms with E-state index >= 15 is 0 Å². The second-order valence-corrected chi connectivity index (χ2v) is 5.37. The highest BCUT2D eigenvalue weighted by Gasteiger charge is 2.10. The fourth-order valence-electron chi connectivity index (χ4n) is 1.87. The normalized spacial score (nSPS) is 10.2. The lowest BCUT2D eigenvalue weighted by Crippen LogP contribution is -2.11. The summed E-state index contributed by atoms with van der Waals surface area (Å²) in [6.45, 7) is 3.09. The van der Waals surface area contributed by atoms with E-state index in [2.05, 4.69) is 0 Å². The summed E-state index contributed by atoms with van der Waals surface area (Å²) in [6, 6.07) is 0. The number of Topliss-reactive ketones (excluding diaryl/α,β-unsaturated/α-hetero) is 2. The highest BCUT2D eigenvalue weighted by Crippen LogP contribution is 2.07. The minimum Gasteiger partial charge on any atom is -0.393 e. The van der Waals surface area contributed by atoms with Crippen molar-refractivity contribution < 1.29 is 23.9 Å². The van der Waals surface area contributed by atoms with Crippen molar-refractivity contribution in [1.29, 1.82) is 0 Å². The van der Waals surface area contributed by atoms with Crippen LogP contribution >= 0.6 is 0 Å². The summed E-state index contributed by atoms with van der Waals surface area (Å²) >= 11 is 0. The van der Waals surface area contributed by atoms with Crippen LogP contribution in [0.4, 0.5) is 0 Å². The molecule has 0 aromatic carbocycles. The van der Waals surface area contributed by atoms with Crippen molar-refractivity contribution >= 4 is 23.5 Å². The zero-order chi connectivity index (χ0) is 16.1. The Morgan fingerprint density at radius 1 is 0.571 bits per heavy atom. The van der Waals surface area contributed by atoms with Gasteiger partial charge >= 0.3 is 11.9 Å². The van der Waals surface area contributed by atoms with Gasteiger partial charge in [-0.05, 0) is 39.5 Å². The summed E-state index contributed by atoms with van der Waals surface area (Å²) in [6.07, 6.45) is 5.89. The lowest BCUT2D eigenvalue weighted by atomic mass is 10.1. The summed E-state index contributed by atoms with van der Waals surface area (Å²) in [7, 11) is 0. The highest BCUT2D eigenvalue weighted by molar-refractivity contribution is 5.85. The van der Waals surface area contributed by atoms with Gasteiger partial charge in [0, 0.05) is 25.7 Å². The van der Waals surface area contributed by atoms with Crippen molar-refractivity contribution in [2.45, 2.75) is 78.1 Å². The first-order chi connectivity index (χ1) is 9.91. The number of carbonyl (C=O) groups is 4. The van der Waals surface area contributed by atoms with Gasteiger partial charge in [-0.1, -0.05) is 12.8 Å². The molecule has 0 bridgehead atoms. The van der Waals surface area contributed by atoms with Crippen LogP contribution in [0.5, 0.6) is 0 Å². The molecule has 120 valence electrons. The Bertz CT molecular complexity index is 326. The maximum atomic E-state index is 11.4. The number of unbranched alkanes of at least 4 members (excludes halogenated alkanes) is 4. The summed E-state index contributed by atoms with van der Waals surface area (Å²) in [5, 5.41) is 0. The van der Waals surface area contributed by atoms with Crippen molar-refractivity contribution in [1.82, 2.24) is 0 Å². The van der Waals surface area contributed by atoms with Crippen molar-refractivity contribution in [3.63, 3.8) is 0 Å². The highest BCUT2D eigenvalue weighted by atomic mass is 16.6. The quantitative estimate of drug-likeness (QED) is 0.314. The predicted molar refractivity (Wildman–Crippen MR) is 78.6 cm³/mol. The monoisotopic (exact) mass is 298 g/mol. The van der Waals surface area contributed by atoms with Crippen LogP contribution in [0, 0.1) is 0 Å². The van der Waals surface area contributed by atoms with E-state index in [9.17, 15) is 19.2 Å². The van der Waals surface area contributed by atoms with Crippen LogP contribution in [0.15, 0.2) is 0 Å². The minimum absolute atomic E-state index is 0.150. The number of carbonyl (C=O) groups excluding carboxylic acids is 4. The van der Waals surface area contributed by atoms with Gasteiger partial charge in [0.2, 0.25) is 0 Å². The topological polar surface area (TPSA) is 77.5 Å². The molecule has 0 fully saturated rings. The zero-order valence-electron chi connectivity index (χ0n) is 13.1. The first-order valence-electron chi connectivity index (χ1n) is 7.64. The molecule has 5 nitrogen and oxygen atoms in total. The van der Waals surface area contributed by atoms with Gasteiger partial charge in [0.25, 0.3) is 0 Å². The van der Waals surface area contributed by atoms with Crippen molar-refractivity contribution in [3.8, 4) is 0 Å². The average molecular weight is 298 g/mol. The van der Waals surface area contributed by atoms with Crippen LogP contribution in [-0.4, -0.2) is 23.5 Å². The van der Waals surface area contributed by atoms with Crippen molar-refractivity contribution in [2.75, 3.05) is 0 Å². The second-order valence-electron chi connectivity index (χ2n) is 5.37. The Labute approximate surface area is 126 Å². The second kappa shape index (κ2) is 12.2. The van der Waals surface area contributed by atoms with Crippen LogP contribution in [0.1, 0.15) is 78.1 Å². The largest absolute Gasteiger partial charge is 0.393 e. The summed E-state index contributed by atoms with van der Waals surface area (Å²) < 4.78 is 4.69. The van der Waals surface area contributed by atoms with Crippen molar-refractivity contribution in [3.05, 3.63) is 0 Å². The van der Waals surface area contributed by atoms with Gasteiger partial charge in [-0.3, -0.25) is 9.59 Å². The molecule has 0 rings (SSSR count). The molecule has 0 unspecified atom stereocenters. The maximum Gasteiger partial charge on any atom is 0.313 e. The molecule has 0 aromatic rings. The first kappa shape index (κ1) is 19.5. The molecule has 0 saturated carbocycles.